The highest BCUT2D eigenvalue weighted by molar-refractivity contribution is 7.85. The first-order chi connectivity index (χ1) is 7.77. The summed E-state index contributed by atoms with van der Waals surface area (Å²) in [7, 11) is -0.730. The van der Waals surface area contributed by atoms with Crippen LogP contribution in [0.1, 0.15) is 31.2 Å². The van der Waals surface area contributed by atoms with Crippen molar-refractivity contribution in [2.45, 2.75) is 25.7 Å². The third-order valence-electron chi connectivity index (χ3n) is 2.67. The highest BCUT2D eigenvalue weighted by atomic mass is 32.2. The van der Waals surface area contributed by atoms with E-state index in [0.717, 1.165) is 18.6 Å². The van der Waals surface area contributed by atoms with E-state index in [0.29, 0.717) is 12.3 Å². The molecule has 0 heterocycles. The van der Waals surface area contributed by atoms with Crippen LogP contribution in [0.3, 0.4) is 0 Å². The molecule has 0 aromatic heterocycles. The summed E-state index contributed by atoms with van der Waals surface area (Å²) < 4.78 is 11.8. The molecule has 0 saturated heterocycles. The Hall–Kier alpha value is -0.670. The zero-order chi connectivity index (χ0) is 11.8. The third kappa shape index (κ3) is 4.45. The van der Waals surface area contributed by atoms with E-state index >= 15 is 0 Å². The van der Waals surface area contributed by atoms with E-state index in [1.54, 1.807) is 0 Å². The van der Waals surface area contributed by atoms with Gasteiger partial charge in [-0.2, -0.15) is 0 Å². The van der Waals surface area contributed by atoms with Crippen molar-refractivity contribution in [2.24, 2.45) is 5.73 Å². The van der Waals surface area contributed by atoms with Gasteiger partial charge in [0, 0.05) is 34.8 Å². The van der Waals surface area contributed by atoms with Crippen LogP contribution in [0, 0.1) is 0 Å². The minimum absolute atomic E-state index is 0.235. The van der Waals surface area contributed by atoms with Crippen molar-refractivity contribution in [2.75, 3.05) is 18.1 Å². The molecule has 0 saturated carbocycles. The van der Waals surface area contributed by atoms with Gasteiger partial charge < -0.3 is 5.73 Å². The maximum Gasteiger partial charge on any atom is 0.0315 e. The summed E-state index contributed by atoms with van der Waals surface area (Å²) in [5.41, 5.74) is 6.95. The van der Waals surface area contributed by atoms with Gasteiger partial charge in [-0.1, -0.05) is 43.7 Å². The number of nitrogens with two attached hydrogens (primary N) is 1. The van der Waals surface area contributed by atoms with Crippen LogP contribution < -0.4 is 5.73 Å². The molecule has 1 aromatic rings. The highest BCUT2D eigenvalue weighted by Gasteiger charge is 2.12. The Labute approximate surface area is 101 Å². The molecule has 0 amide bonds. The number of hydrogen-bond acceptors (Lipinski definition) is 2. The normalized spacial score (nSPS) is 14.6. The Kier molecular flexibility index (Phi) is 6.34. The predicted molar refractivity (Wildman–Crippen MR) is 71.0 cm³/mol. The fourth-order valence-electron chi connectivity index (χ4n) is 1.64. The topological polar surface area (TPSA) is 43.1 Å². The summed E-state index contributed by atoms with van der Waals surface area (Å²) in [6, 6.07) is 10.1. The molecular weight excluding hydrogens is 218 g/mol. The van der Waals surface area contributed by atoms with E-state index < -0.39 is 10.8 Å². The van der Waals surface area contributed by atoms with E-state index in [9.17, 15) is 4.21 Å². The standard InChI is InChI=1S/C13H21NOS/c1-2-3-9-16(15)11-13(10-14)12-7-5-4-6-8-12/h4-8,13H,2-3,9-11,14H2,1H3. The molecule has 90 valence electrons. The fourth-order valence-corrected chi connectivity index (χ4v) is 3.19. The molecule has 2 nitrogen and oxygen atoms in total. The van der Waals surface area contributed by atoms with Crippen molar-refractivity contribution in [1.82, 2.24) is 0 Å². The molecule has 0 spiro atoms. The van der Waals surface area contributed by atoms with Crippen molar-refractivity contribution >= 4 is 10.8 Å². The van der Waals surface area contributed by atoms with Crippen LogP contribution in [0.4, 0.5) is 0 Å². The number of unbranched alkanes of at least 4 members (excludes halogenated alkanes) is 1. The molecule has 0 aliphatic carbocycles. The van der Waals surface area contributed by atoms with Gasteiger partial charge in [0.2, 0.25) is 0 Å². The van der Waals surface area contributed by atoms with Crippen molar-refractivity contribution in [1.29, 1.82) is 0 Å². The zero-order valence-electron chi connectivity index (χ0n) is 9.89. The van der Waals surface area contributed by atoms with Gasteiger partial charge in [-0.25, -0.2) is 0 Å². The number of hydrogen-bond donors (Lipinski definition) is 1. The Bertz CT molecular complexity index is 313. The van der Waals surface area contributed by atoms with Crippen molar-refractivity contribution in [3.8, 4) is 0 Å². The van der Waals surface area contributed by atoms with E-state index in [2.05, 4.69) is 19.1 Å². The van der Waals surface area contributed by atoms with E-state index in [1.807, 2.05) is 18.2 Å². The maximum absolute atomic E-state index is 11.8. The van der Waals surface area contributed by atoms with Crippen LogP contribution in [0.15, 0.2) is 30.3 Å². The molecular formula is C13H21NOS. The Morgan fingerprint density at radius 1 is 1.31 bits per heavy atom. The molecule has 16 heavy (non-hydrogen) atoms. The third-order valence-corrected chi connectivity index (χ3v) is 4.19. The Balaban J connectivity index is 2.52. The second-order valence-corrected chi connectivity index (χ2v) is 5.63. The minimum Gasteiger partial charge on any atom is -0.330 e. The second kappa shape index (κ2) is 7.58. The largest absolute Gasteiger partial charge is 0.330 e. The summed E-state index contributed by atoms with van der Waals surface area (Å²) in [6.45, 7) is 2.69. The number of benzene rings is 1. The lowest BCUT2D eigenvalue weighted by molar-refractivity contribution is 0.669. The smallest absolute Gasteiger partial charge is 0.0315 e. The molecule has 0 bridgehead atoms. The van der Waals surface area contributed by atoms with Gasteiger partial charge in [-0.15, -0.1) is 0 Å². The maximum atomic E-state index is 11.8. The van der Waals surface area contributed by atoms with E-state index in [-0.39, 0.29) is 5.92 Å². The summed E-state index contributed by atoms with van der Waals surface area (Å²) in [4.78, 5) is 0. The van der Waals surface area contributed by atoms with Crippen LogP contribution in [-0.2, 0) is 10.8 Å². The first kappa shape index (κ1) is 13.4. The molecule has 0 aliphatic heterocycles. The lowest BCUT2D eigenvalue weighted by atomic mass is 10.0. The van der Waals surface area contributed by atoms with Crippen LogP contribution in [0.25, 0.3) is 0 Å². The zero-order valence-corrected chi connectivity index (χ0v) is 10.7. The summed E-state index contributed by atoms with van der Waals surface area (Å²) in [6.07, 6.45) is 2.14. The van der Waals surface area contributed by atoms with Gasteiger partial charge in [0.1, 0.15) is 0 Å². The molecule has 1 rings (SSSR count). The average Bonchev–Trinajstić information content (AvgIpc) is 2.34. The highest BCUT2D eigenvalue weighted by Crippen LogP contribution is 2.15. The second-order valence-electron chi connectivity index (χ2n) is 4.01. The van der Waals surface area contributed by atoms with Crippen LogP contribution in [0.2, 0.25) is 0 Å². The summed E-state index contributed by atoms with van der Waals surface area (Å²) >= 11 is 0. The lowest BCUT2D eigenvalue weighted by Gasteiger charge is -2.14. The molecule has 1 aromatic carbocycles. The van der Waals surface area contributed by atoms with Gasteiger partial charge in [-0.05, 0) is 12.0 Å². The lowest BCUT2D eigenvalue weighted by Crippen LogP contribution is -2.20. The van der Waals surface area contributed by atoms with Gasteiger partial charge in [0.05, 0.1) is 0 Å². The molecule has 0 radical (unpaired) electrons. The fraction of sp³-hybridized carbons (Fsp3) is 0.538. The van der Waals surface area contributed by atoms with Crippen LogP contribution in [0.5, 0.6) is 0 Å². The predicted octanol–water partition coefficient (Wildman–Crippen LogP) is 2.28. The first-order valence-corrected chi connectivity index (χ1v) is 7.36. The Morgan fingerprint density at radius 3 is 2.56 bits per heavy atom. The van der Waals surface area contributed by atoms with Crippen LogP contribution >= 0.6 is 0 Å². The first-order valence-electron chi connectivity index (χ1n) is 5.88. The van der Waals surface area contributed by atoms with Gasteiger partial charge >= 0.3 is 0 Å². The molecule has 2 N–H and O–H groups in total. The SMILES string of the molecule is CCCCS(=O)CC(CN)c1ccccc1. The van der Waals surface area contributed by atoms with Gasteiger partial charge in [0.15, 0.2) is 0 Å². The van der Waals surface area contributed by atoms with Gasteiger partial charge in [0.25, 0.3) is 0 Å². The van der Waals surface area contributed by atoms with Gasteiger partial charge in [-0.3, -0.25) is 4.21 Å². The van der Waals surface area contributed by atoms with Crippen LogP contribution in [-0.4, -0.2) is 22.3 Å². The van der Waals surface area contributed by atoms with E-state index in [4.69, 9.17) is 5.73 Å². The number of rotatable bonds is 7. The van der Waals surface area contributed by atoms with Crippen molar-refractivity contribution < 1.29 is 4.21 Å². The van der Waals surface area contributed by atoms with Crippen molar-refractivity contribution in [3.05, 3.63) is 35.9 Å². The summed E-state index contributed by atoms with van der Waals surface area (Å²) in [5.74, 6) is 1.74. The van der Waals surface area contributed by atoms with E-state index in [1.165, 1.54) is 5.56 Å². The van der Waals surface area contributed by atoms with Crippen molar-refractivity contribution in [3.63, 3.8) is 0 Å². The quantitative estimate of drug-likeness (QED) is 0.793. The molecule has 2 unspecified atom stereocenters. The molecule has 0 fully saturated rings. The minimum atomic E-state index is -0.730. The Morgan fingerprint density at radius 2 is 2.00 bits per heavy atom. The average molecular weight is 239 g/mol. The molecule has 3 heteroatoms. The molecule has 2 atom stereocenters. The molecule has 0 aliphatic rings. The monoisotopic (exact) mass is 239 g/mol. The summed E-state index contributed by atoms with van der Waals surface area (Å²) in [5, 5.41) is 0.